The van der Waals surface area contributed by atoms with Crippen LogP contribution in [0, 0.1) is 6.92 Å². The zero-order chi connectivity index (χ0) is 11.6. The molecule has 84 valence electrons. The van der Waals surface area contributed by atoms with E-state index in [2.05, 4.69) is 4.98 Å². The zero-order valence-corrected chi connectivity index (χ0v) is 9.63. The summed E-state index contributed by atoms with van der Waals surface area (Å²) in [6.07, 6.45) is 0.412. The number of hydrogen-bond donors (Lipinski definition) is 1. The Hall–Kier alpha value is -1.32. The molecular weight excluding hydrogens is 194 g/mol. The molecule has 1 aromatic rings. The van der Waals surface area contributed by atoms with Crippen LogP contribution in [0.1, 0.15) is 44.5 Å². The summed E-state index contributed by atoms with van der Waals surface area (Å²) in [6.45, 7) is 8.01. The quantitative estimate of drug-likeness (QED) is 0.833. The van der Waals surface area contributed by atoms with Crippen molar-refractivity contribution in [1.29, 1.82) is 0 Å². The maximum Gasteiger partial charge on any atom is 0.303 e. The van der Waals surface area contributed by atoms with Gasteiger partial charge in [0.2, 0.25) is 0 Å². The molecule has 0 atom stereocenters. The fraction of sp³-hybridized carbons (Fsp3) is 0.636. The molecule has 0 radical (unpaired) electrons. The molecule has 0 aliphatic heterocycles. The van der Waals surface area contributed by atoms with Crippen LogP contribution in [0.25, 0.3) is 0 Å². The first kappa shape index (κ1) is 11.8. The van der Waals surface area contributed by atoms with E-state index in [9.17, 15) is 4.79 Å². The molecular formula is C11H17NO3. The summed E-state index contributed by atoms with van der Waals surface area (Å²) in [6, 6.07) is 0. The lowest BCUT2D eigenvalue weighted by atomic mass is 9.92. The molecule has 0 aromatic carbocycles. The Bertz CT molecular complexity index is 360. The van der Waals surface area contributed by atoms with E-state index in [1.807, 2.05) is 27.7 Å². The molecule has 0 aliphatic carbocycles. The molecule has 1 aromatic heterocycles. The predicted octanol–water partition coefficient (Wildman–Crippen LogP) is 2.30. The van der Waals surface area contributed by atoms with Crippen molar-refractivity contribution < 1.29 is 14.3 Å². The molecule has 0 unspecified atom stereocenters. The minimum Gasteiger partial charge on any atom is -0.481 e. The number of aliphatic carboxylic acids is 1. The van der Waals surface area contributed by atoms with Crippen molar-refractivity contribution in [1.82, 2.24) is 4.98 Å². The predicted molar refractivity (Wildman–Crippen MR) is 55.9 cm³/mol. The number of hydrogen-bond acceptors (Lipinski definition) is 3. The fourth-order valence-corrected chi connectivity index (χ4v) is 1.47. The standard InChI is InChI=1S/C11H17NO3/c1-7-10(11(2,3)4)15-8(12-7)5-6-9(13)14/h5-6H2,1-4H3,(H,13,14). The second kappa shape index (κ2) is 4.04. The highest BCUT2D eigenvalue weighted by Gasteiger charge is 2.22. The van der Waals surface area contributed by atoms with Crippen LogP contribution in [-0.4, -0.2) is 16.1 Å². The van der Waals surface area contributed by atoms with Crippen LogP contribution in [0.2, 0.25) is 0 Å². The van der Waals surface area contributed by atoms with Crippen molar-refractivity contribution in [2.75, 3.05) is 0 Å². The average Bonchev–Trinajstić information content (AvgIpc) is 2.42. The third kappa shape index (κ3) is 3.08. The first-order valence-electron chi connectivity index (χ1n) is 4.99. The van der Waals surface area contributed by atoms with Crippen LogP contribution < -0.4 is 0 Å². The zero-order valence-electron chi connectivity index (χ0n) is 9.63. The van der Waals surface area contributed by atoms with E-state index >= 15 is 0 Å². The van der Waals surface area contributed by atoms with Crippen molar-refractivity contribution in [2.45, 2.75) is 46.0 Å². The van der Waals surface area contributed by atoms with Gasteiger partial charge in [-0.3, -0.25) is 4.79 Å². The average molecular weight is 211 g/mol. The lowest BCUT2D eigenvalue weighted by molar-refractivity contribution is -0.137. The number of carboxylic acid groups (broad SMARTS) is 1. The Morgan fingerprint density at radius 2 is 2.07 bits per heavy atom. The molecule has 0 saturated heterocycles. The van der Waals surface area contributed by atoms with Crippen molar-refractivity contribution in [2.24, 2.45) is 0 Å². The van der Waals surface area contributed by atoms with E-state index in [0.717, 1.165) is 11.5 Å². The van der Waals surface area contributed by atoms with Crippen molar-refractivity contribution in [3.63, 3.8) is 0 Å². The van der Waals surface area contributed by atoms with E-state index in [-0.39, 0.29) is 11.8 Å². The van der Waals surface area contributed by atoms with Crippen molar-refractivity contribution >= 4 is 5.97 Å². The van der Waals surface area contributed by atoms with E-state index in [1.165, 1.54) is 0 Å². The van der Waals surface area contributed by atoms with Crippen LogP contribution >= 0.6 is 0 Å². The van der Waals surface area contributed by atoms with Gasteiger partial charge < -0.3 is 9.52 Å². The molecule has 15 heavy (non-hydrogen) atoms. The van der Waals surface area contributed by atoms with Crippen molar-refractivity contribution in [3.8, 4) is 0 Å². The normalized spacial score (nSPS) is 11.7. The number of carbonyl (C=O) groups is 1. The Morgan fingerprint density at radius 1 is 1.47 bits per heavy atom. The molecule has 0 spiro atoms. The number of aromatic nitrogens is 1. The summed E-state index contributed by atoms with van der Waals surface area (Å²) in [5.74, 6) is 0.519. The molecule has 0 aliphatic rings. The molecule has 0 fully saturated rings. The van der Waals surface area contributed by atoms with Gasteiger partial charge in [0, 0.05) is 11.8 Å². The third-order valence-corrected chi connectivity index (χ3v) is 2.07. The van der Waals surface area contributed by atoms with Gasteiger partial charge in [-0.15, -0.1) is 0 Å². The summed E-state index contributed by atoms with van der Waals surface area (Å²) >= 11 is 0. The first-order valence-corrected chi connectivity index (χ1v) is 4.99. The maximum absolute atomic E-state index is 10.4. The summed E-state index contributed by atoms with van der Waals surface area (Å²) in [5.41, 5.74) is 0.765. The van der Waals surface area contributed by atoms with E-state index in [1.54, 1.807) is 0 Å². The van der Waals surface area contributed by atoms with Gasteiger partial charge >= 0.3 is 5.97 Å². The van der Waals surface area contributed by atoms with E-state index in [4.69, 9.17) is 9.52 Å². The third-order valence-electron chi connectivity index (χ3n) is 2.07. The number of oxazole rings is 1. The van der Waals surface area contributed by atoms with Gasteiger partial charge in [-0.25, -0.2) is 4.98 Å². The second-order valence-corrected chi connectivity index (χ2v) is 4.67. The van der Waals surface area contributed by atoms with Gasteiger partial charge in [0.1, 0.15) is 5.76 Å². The highest BCUT2D eigenvalue weighted by atomic mass is 16.4. The Labute approximate surface area is 89.3 Å². The number of aryl methyl sites for hydroxylation is 2. The van der Waals surface area contributed by atoms with Gasteiger partial charge in [0.25, 0.3) is 0 Å². The molecule has 1 rings (SSSR count). The lowest BCUT2D eigenvalue weighted by Crippen LogP contribution is -2.11. The summed E-state index contributed by atoms with van der Waals surface area (Å²) in [4.78, 5) is 14.6. The minimum atomic E-state index is -0.830. The van der Waals surface area contributed by atoms with Gasteiger partial charge in [-0.2, -0.15) is 0 Å². The second-order valence-electron chi connectivity index (χ2n) is 4.67. The molecule has 0 amide bonds. The SMILES string of the molecule is Cc1nc(CCC(=O)O)oc1C(C)(C)C. The smallest absolute Gasteiger partial charge is 0.303 e. The topological polar surface area (TPSA) is 63.3 Å². The highest BCUT2D eigenvalue weighted by molar-refractivity contribution is 5.66. The summed E-state index contributed by atoms with van der Waals surface area (Å²) in [5, 5.41) is 8.54. The maximum atomic E-state index is 10.4. The molecule has 0 saturated carbocycles. The van der Waals surface area contributed by atoms with Gasteiger partial charge in [-0.05, 0) is 6.92 Å². The number of carboxylic acids is 1. The Kier molecular flexibility index (Phi) is 3.17. The fourth-order valence-electron chi connectivity index (χ4n) is 1.47. The number of rotatable bonds is 3. The van der Waals surface area contributed by atoms with Crippen LogP contribution in [-0.2, 0) is 16.6 Å². The Balaban J connectivity index is 2.82. The van der Waals surface area contributed by atoms with Gasteiger partial charge in [0.05, 0.1) is 12.1 Å². The molecule has 4 nitrogen and oxygen atoms in total. The summed E-state index contributed by atoms with van der Waals surface area (Å²) < 4.78 is 5.55. The van der Waals surface area contributed by atoms with Gasteiger partial charge in [0.15, 0.2) is 5.89 Å². The number of nitrogens with zero attached hydrogens (tertiary/aromatic N) is 1. The molecule has 1 N–H and O–H groups in total. The monoisotopic (exact) mass is 211 g/mol. The molecule has 0 bridgehead atoms. The van der Waals surface area contributed by atoms with Crippen LogP contribution in [0.15, 0.2) is 4.42 Å². The summed E-state index contributed by atoms with van der Waals surface area (Å²) in [7, 11) is 0. The lowest BCUT2D eigenvalue weighted by Gasteiger charge is -2.14. The largest absolute Gasteiger partial charge is 0.481 e. The van der Waals surface area contributed by atoms with Crippen LogP contribution in [0.5, 0.6) is 0 Å². The van der Waals surface area contributed by atoms with E-state index < -0.39 is 5.97 Å². The first-order chi connectivity index (χ1) is 6.80. The van der Waals surface area contributed by atoms with Crippen LogP contribution in [0.4, 0.5) is 0 Å². The molecule has 4 heteroatoms. The molecule has 1 heterocycles. The highest BCUT2D eigenvalue weighted by Crippen LogP contribution is 2.26. The van der Waals surface area contributed by atoms with E-state index in [0.29, 0.717) is 12.3 Å². The minimum absolute atomic E-state index is 0.0591. The van der Waals surface area contributed by atoms with Gasteiger partial charge in [-0.1, -0.05) is 20.8 Å². The Morgan fingerprint density at radius 3 is 2.47 bits per heavy atom. The van der Waals surface area contributed by atoms with Crippen molar-refractivity contribution in [3.05, 3.63) is 17.3 Å². The van der Waals surface area contributed by atoms with Crippen LogP contribution in [0.3, 0.4) is 0 Å².